The van der Waals surface area contributed by atoms with Crippen LogP contribution in [0, 0.1) is 0 Å². The fourth-order valence-corrected chi connectivity index (χ4v) is 4.30. The minimum Gasteiger partial charge on any atom is -0.354 e. The molecule has 0 bridgehead atoms. The van der Waals surface area contributed by atoms with E-state index in [0.29, 0.717) is 17.4 Å². The highest BCUT2D eigenvalue weighted by molar-refractivity contribution is 8.00. The third kappa shape index (κ3) is 4.42. The molecule has 2 aromatic rings. The second-order valence-corrected chi connectivity index (χ2v) is 7.74. The van der Waals surface area contributed by atoms with Crippen LogP contribution in [-0.4, -0.2) is 36.9 Å². The normalized spacial score (nSPS) is 15.6. The fraction of sp³-hybridized carbons (Fsp3) is 0.647. The molecule has 1 aliphatic rings. The topological polar surface area (TPSA) is 81.3 Å². The molecule has 0 atom stereocenters. The van der Waals surface area contributed by atoms with Crippen molar-refractivity contribution in [3.8, 4) is 0 Å². The number of fused-ring (bicyclic) bond motifs is 1. The number of amides is 1. The lowest BCUT2D eigenvalue weighted by atomic mass is 10.0. The molecule has 1 aliphatic carbocycles. The summed E-state index contributed by atoms with van der Waals surface area (Å²) in [5.41, 5.74) is 0.248. The fourth-order valence-electron chi connectivity index (χ4n) is 3.05. The second-order valence-electron chi connectivity index (χ2n) is 6.45. The van der Waals surface area contributed by atoms with E-state index in [1.54, 1.807) is 24.2 Å². The van der Waals surface area contributed by atoms with Crippen molar-refractivity contribution < 1.29 is 4.79 Å². The van der Waals surface area contributed by atoms with Crippen LogP contribution in [0.5, 0.6) is 0 Å². The largest absolute Gasteiger partial charge is 0.354 e. The standard InChI is InChI=1S/C17H25N5O2S/c1-2-3-9-18-14(23)12-22-17(24)21-11-10-19-16(15(21)20-22)25-13-7-5-4-6-8-13/h10-11,13H,2-9,12H2,1H3,(H,18,23). The maximum absolute atomic E-state index is 12.5. The first kappa shape index (κ1) is 18.0. The van der Waals surface area contributed by atoms with Crippen molar-refractivity contribution in [1.29, 1.82) is 0 Å². The highest BCUT2D eigenvalue weighted by atomic mass is 32.2. The van der Waals surface area contributed by atoms with Gasteiger partial charge in [-0.25, -0.2) is 18.9 Å². The van der Waals surface area contributed by atoms with Crippen molar-refractivity contribution in [1.82, 2.24) is 24.5 Å². The first-order valence-corrected chi connectivity index (χ1v) is 9.94. The summed E-state index contributed by atoms with van der Waals surface area (Å²) in [4.78, 5) is 28.9. The van der Waals surface area contributed by atoms with E-state index in [4.69, 9.17) is 0 Å². The van der Waals surface area contributed by atoms with Crippen LogP contribution in [0.2, 0.25) is 0 Å². The molecule has 0 aromatic carbocycles. The Morgan fingerprint density at radius 2 is 2.16 bits per heavy atom. The Morgan fingerprint density at radius 1 is 1.36 bits per heavy atom. The van der Waals surface area contributed by atoms with Crippen molar-refractivity contribution in [2.45, 2.75) is 68.7 Å². The molecular formula is C17H25N5O2S. The van der Waals surface area contributed by atoms with Crippen molar-refractivity contribution in [3.05, 3.63) is 22.9 Å². The minimum absolute atomic E-state index is 0.0578. The number of carbonyl (C=O) groups excluding carboxylic acids is 1. The predicted octanol–water partition coefficient (Wildman–Crippen LogP) is 2.23. The molecule has 0 radical (unpaired) electrons. The number of thioether (sulfide) groups is 1. The number of hydrogen-bond acceptors (Lipinski definition) is 5. The number of rotatable bonds is 7. The molecule has 0 aliphatic heterocycles. The van der Waals surface area contributed by atoms with Gasteiger partial charge in [-0.2, -0.15) is 0 Å². The average Bonchev–Trinajstić information content (AvgIpc) is 2.93. The molecule has 2 heterocycles. The number of carbonyl (C=O) groups is 1. The van der Waals surface area contributed by atoms with Crippen LogP contribution in [0.15, 0.2) is 22.2 Å². The van der Waals surface area contributed by atoms with Crippen LogP contribution in [0.3, 0.4) is 0 Å². The number of nitrogens with one attached hydrogen (secondary N) is 1. The number of aromatic nitrogens is 4. The van der Waals surface area contributed by atoms with Gasteiger partial charge in [-0.1, -0.05) is 44.4 Å². The zero-order valence-electron chi connectivity index (χ0n) is 14.6. The zero-order valence-corrected chi connectivity index (χ0v) is 15.4. The lowest BCUT2D eigenvalue weighted by Gasteiger charge is -2.20. The molecule has 25 heavy (non-hydrogen) atoms. The second kappa shape index (κ2) is 8.51. The van der Waals surface area contributed by atoms with Crippen LogP contribution < -0.4 is 11.0 Å². The number of unbranched alkanes of at least 4 members (excludes halogenated alkanes) is 1. The Bertz CT molecular complexity index is 779. The van der Waals surface area contributed by atoms with Gasteiger partial charge in [0.2, 0.25) is 5.91 Å². The third-order valence-corrected chi connectivity index (χ3v) is 5.76. The van der Waals surface area contributed by atoms with E-state index in [9.17, 15) is 9.59 Å². The third-order valence-electron chi connectivity index (χ3n) is 4.45. The minimum atomic E-state index is -0.298. The van der Waals surface area contributed by atoms with Crippen LogP contribution in [0.1, 0.15) is 51.9 Å². The molecule has 0 spiro atoms. The van der Waals surface area contributed by atoms with Crippen molar-refractivity contribution in [3.63, 3.8) is 0 Å². The lowest BCUT2D eigenvalue weighted by molar-refractivity contribution is -0.121. The molecule has 0 saturated heterocycles. The molecule has 2 aromatic heterocycles. The van der Waals surface area contributed by atoms with E-state index >= 15 is 0 Å². The van der Waals surface area contributed by atoms with Gasteiger partial charge < -0.3 is 5.32 Å². The van der Waals surface area contributed by atoms with Gasteiger partial charge in [-0.3, -0.25) is 4.79 Å². The summed E-state index contributed by atoms with van der Waals surface area (Å²) >= 11 is 1.70. The molecule has 1 fully saturated rings. The van der Waals surface area contributed by atoms with Gasteiger partial charge in [0, 0.05) is 24.2 Å². The SMILES string of the molecule is CCCCNC(=O)Cn1nc2c(SC3CCCCC3)nccn2c1=O. The molecule has 1 amide bonds. The Morgan fingerprint density at radius 3 is 2.92 bits per heavy atom. The van der Waals surface area contributed by atoms with Gasteiger partial charge in [0.05, 0.1) is 0 Å². The molecule has 3 rings (SSSR count). The van der Waals surface area contributed by atoms with E-state index in [1.165, 1.54) is 41.2 Å². The maximum Gasteiger partial charge on any atom is 0.350 e. The van der Waals surface area contributed by atoms with Gasteiger partial charge in [-0.05, 0) is 19.3 Å². The van der Waals surface area contributed by atoms with Crippen LogP contribution in [0.4, 0.5) is 0 Å². The highest BCUT2D eigenvalue weighted by Gasteiger charge is 2.19. The van der Waals surface area contributed by atoms with Crippen molar-refractivity contribution >= 4 is 23.3 Å². The van der Waals surface area contributed by atoms with Gasteiger partial charge >= 0.3 is 5.69 Å². The first-order chi connectivity index (χ1) is 12.2. The number of nitrogens with zero attached hydrogens (tertiary/aromatic N) is 4. The van der Waals surface area contributed by atoms with E-state index in [-0.39, 0.29) is 18.1 Å². The lowest BCUT2D eigenvalue weighted by Crippen LogP contribution is -2.33. The first-order valence-electron chi connectivity index (χ1n) is 9.06. The highest BCUT2D eigenvalue weighted by Crippen LogP contribution is 2.33. The maximum atomic E-state index is 12.5. The summed E-state index contributed by atoms with van der Waals surface area (Å²) in [5, 5.41) is 8.49. The van der Waals surface area contributed by atoms with E-state index < -0.39 is 0 Å². The number of hydrogen-bond donors (Lipinski definition) is 1. The summed E-state index contributed by atoms with van der Waals surface area (Å²) < 4.78 is 2.71. The van der Waals surface area contributed by atoms with Crippen LogP contribution >= 0.6 is 11.8 Å². The molecule has 1 saturated carbocycles. The summed E-state index contributed by atoms with van der Waals surface area (Å²) in [6.07, 6.45) is 11.3. The molecule has 8 heteroatoms. The van der Waals surface area contributed by atoms with Gasteiger partial charge in [-0.15, -0.1) is 5.10 Å². The zero-order chi connectivity index (χ0) is 17.6. The van der Waals surface area contributed by atoms with Crippen molar-refractivity contribution in [2.24, 2.45) is 0 Å². The molecule has 136 valence electrons. The monoisotopic (exact) mass is 363 g/mol. The Balaban J connectivity index is 1.77. The Kier molecular flexibility index (Phi) is 6.12. The Labute approximate surface area is 151 Å². The van der Waals surface area contributed by atoms with Crippen LogP contribution in [-0.2, 0) is 11.3 Å². The van der Waals surface area contributed by atoms with E-state index in [2.05, 4.69) is 22.3 Å². The molecular weight excluding hydrogens is 338 g/mol. The molecule has 1 N–H and O–H groups in total. The van der Waals surface area contributed by atoms with Crippen molar-refractivity contribution in [2.75, 3.05) is 6.54 Å². The van der Waals surface area contributed by atoms with Gasteiger partial charge in [0.25, 0.3) is 0 Å². The molecule has 0 unspecified atom stereocenters. The summed E-state index contributed by atoms with van der Waals surface area (Å²) in [6, 6.07) is 0. The quantitative estimate of drug-likeness (QED) is 0.763. The predicted molar refractivity (Wildman–Crippen MR) is 97.9 cm³/mol. The van der Waals surface area contributed by atoms with Gasteiger partial charge in [0.1, 0.15) is 11.6 Å². The molecule has 7 nitrogen and oxygen atoms in total. The van der Waals surface area contributed by atoms with Crippen LogP contribution in [0.25, 0.3) is 5.65 Å². The van der Waals surface area contributed by atoms with E-state index in [1.807, 2.05) is 0 Å². The smallest absolute Gasteiger partial charge is 0.350 e. The van der Waals surface area contributed by atoms with Gasteiger partial charge in [0.15, 0.2) is 5.65 Å². The summed E-state index contributed by atoms with van der Waals surface area (Å²) in [7, 11) is 0. The Hall–Kier alpha value is -1.83. The summed E-state index contributed by atoms with van der Waals surface area (Å²) in [6.45, 7) is 2.64. The summed E-state index contributed by atoms with van der Waals surface area (Å²) in [5.74, 6) is -0.187. The van der Waals surface area contributed by atoms with E-state index in [0.717, 1.165) is 17.9 Å². The average molecular weight is 363 g/mol.